The topological polar surface area (TPSA) is 113 Å². The lowest BCUT2D eigenvalue weighted by Crippen LogP contribution is -2.42. The van der Waals surface area contributed by atoms with E-state index in [0.717, 1.165) is 0 Å². The summed E-state index contributed by atoms with van der Waals surface area (Å²) in [6.45, 7) is 0. The largest absolute Gasteiger partial charge is 0.631 e. The number of ether oxygens (including phenoxy) is 1. The van der Waals surface area contributed by atoms with E-state index in [-0.39, 0.29) is 0 Å². The van der Waals surface area contributed by atoms with E-state index in [2.05, 4.69) is 9.68 Å². The summed E-state index contributed by atoms with van der Waals surface area (Å²) in [5, 5.41) is 21.5. The van der Waals surface area contributed by atoms with Crippen molar-refractivity contribution >= 4 is 19.3 Å². The van der Waals surface area contributed by atoms with Crippen molar-refractivity contribution in [1.29, 1.82) is 0 Å². The van der Waals surface area contributed by atoms with E-state index in [1.54, 1.807) is 0 Å². The van der Waals surface area contributed by atoms with Gasteiger partial charge in [-0.15, -0.1) is 0 Å². The maximum absolute atomic E-state index is 11.8. The molecule has 0 radical (unpaired) electrons. The Morgan fingerprint density at radius 1 is 0.944 bits per heavy atom. The molecule has 0 amide bonds. The summed E-state index contributed by atoms with van der Waals surface area (Å²) in [6, 6.07) is 0. The number of rotatable bonds is 1. The van der Waals surface area contributed by atoms with Gasteiger partial charge in [-0.3, -0.25) is 0 Å². The fourth-order valence-corrected chi connectivity index (χ4v) is 0.247. The lowest BCUT2D eigenvalue weighted by molar-refractivity contribution is -0.375. The SMILES string of the molecule is O=C(OF)C(=O)OC(F)(F)C(F)(F)F.OB(O)O. The zero-order chi connectivity index (χ0) is 15.1. The predicted molar refractivity (Wildman–Crippen MR) is 36.7 cm³/mol. The minimum absolute atomic E-state index is 2.06. The second-order valence-corrected chi connectivity index (χ2v) is 2.12. The van der Waals surface area contributed by atoms with Gasteiger partial charge in [-0.05, 0) is 0 Å². The number of halogens is 6. The zero-order valence-corrected chi connectivity index (χ0v) is 7.82. The van der Waals surface area contributed by atoms with Gasteiger partial charge in [-0.2, -0.15) is 22.0 Å². The second-order valence-electron chi connectivity index (χ2n) is 2.12. The standard InChI is InChI=1S/C4F6O4.BH3O3/c5-3(6,7)4(8,9)13-1(11)2(12)14-10;2-1(3)4/h;2-4H. The highest BCUT2D eigenvalue weighted by atomic mass is 19.4. The Hall–Kier alpha value is -1.54. The number of hydrogen-bond donors (Lipinski definition) is 3. The average Bonchev–Trinajstić information content (AvgIpc) is 2.13. The van der Waals surface area contributed by atoms with E-state index in [1.165, 1.54) is 0 Å². The maximum atomic E-state index is 11.8. The molecule has 0 saturated heterocycles. The normalized spacial score (nSPS) is 10.9. The first kappa shape index (κ1) is 18.8. The van der Waals surface area contributed by atoms with E-state index in [4.69, 9.17) is 15.1 Å². The summed E-state index contributed by atoms with van der Waals surface area (Å²) < 4.78 is 70.6. The van der Waals surface area contributed by atoms with Crippen LogP contribution in [0.15, 0.2) is 0 Å². The van der Waals surface area contributed by atoms with Gasteiger partial charge in [0, 0.05) is 4.53 Å². The molecule has 0 aliphatic heterocycles. The molecular formula is C4H3BF6O7. The third-order valence-electron chi connectivity index (χ3n) is 0.788. The van der Waals surface area contributed by atoms with Crippen molar-refractivity contribution in [1.82, 2.24) is 0 Å². The van der Waals surface area contributed by atoms with Gasteiger partial charge in [0.05, 0.1) is 0 Å². The van der Waals surface area contributed by atoms with E-state index in [9.17, 15) is 36.1 Å². The van der Waals surface area contributed by atoms with Gasteiger partial charge in [0.1, 0.15) is 0 Å². The molecule has 0 aliphatic rings. The van der Waals surface area contributed by atoms with Crippen LogP contribution >= 0.6 is 0 Å². The Morgan fingerprint density at radius 2 is 1.28 bits per heavy atom. The lowest BCUT2D eigenvalue weighted by atomic mass is 10.3. The highest BCUT2D eigenvalue weighted by Crippen LogP contribution is 2.36. The highest BCUT2D eigenvalue weighted by Gasteiger charge is 2.62. The van der Waals surface area contributed by atoms with Crippen molar-refractivity contribution in [3.8, 4) is 0 Å². The lowest BCUT2D eigenvalue weighted by Gasteiger charge is -2.17. The van der Waals surface area contributed by atoms with Gasteiger partial charge in [0.2, 0.25) is 0 Å². The molecule has 0 atom stereocenters. The van der Waals surface area contributed by atoms with Crippen LogP contribution in [0.2, 0.25) is 0 Å². The summed E-state index contributed by atoms with van der Waals surface area (Å²) >= 11 is 0. The molecule has 14 heteroatoms. The van der Waals surface area contributed by atoms with Crippen molar-refractivity contribution in [2.75, 3.05) is 0 Å². The van der Waals surface area contributed by atoms with Crippen molar-refractivity contribution in [3.05, 3.63) is 0 Å². The van der Waals surface area contributed by atoms with Crippen LogP contribution in [0.1, 0.15) is 0 Å². The van der Waals surface area contributed by atoms with Gasteiger partial charge in [0.25, 0.3) is 0 Å². The smallest absolute Gasteiger partial charge is 0.402 e. The molecule has 0 bridgehead atoms. The average molecular weight is 288 g/mol. The quantitative estimate of drug-likeness (QED) is 0.247. The molecule has 7 nitrogen and oxygen atoms in total. The molecule has 0 aromatic carbocycles. The number of carbonyl (C=O) groups is 2. The monoisotopic (exact) mass is 288 g/mol. The fourth-order valence-electron chi connectivity index (χ4n) is 0.247. The van der Waals surface area contributed by atoms with Crippen LogP contribution < -0.4 is 0 Å². The Balaban J connectivity index is 0. The minimum atomic E-state index is -6.20. The summed E-state index contributed by atoms with van der Waals surface area (Å²) in [4.78, 5) is 21.7. The summed E-state index contributed by atoms with van der Waals surface area (Å²) in [6.07, 6.45) is -12.1. The van der Waals surface area contributed by atoms with Gasteiger partial charge >= 0.3 is 31.5 Å². The van der Waals surface area contributed by atoms with Crippen LogP contribution in [0.4, 0.5) is 26.5 Å². The van der Waals surface area contributed by atoms with Crippen LogP contribution in [-0.4, -0.2) is 46.6 Å². The summed E-state index contributed by atoms with van der Waals surface area (Å²) in [5.74, 6) is -5.41. The van der Waals surface area contributed by atoms with Crippen molar-refractivity contribution in [2.45, 2.75) is 12.3 Å². The zero-order valence-electron chi connectivity index (χ0n) is 7.82. The molecule has 106 valence electrons. The molecule has 0 aromatic rings. The van der Waals surface area contributed by atoms with Crippen molar-refractivity contribution in [2.24, 2.45) is 0 Å². The van der Waals surface area contributed by atoms with Crippen LogP contribution in [0.5, 0.6) is 0 Å². The first-order valence-corrected chi connectivity index (χ1v) is 3.39. The second kappa shape index (κ2) is 7.02. The molecule has 18 heavy (non-hydrogen) atoms. The third kappa shape index (κ3) is 7.69. The molecule has 0 spiro atoms. The number of carbonyl (C=O) groups excluding carboxylic acids is 2. The Kier molecular flexibility index (Phi) is 7.34. The van der Waals surface area contributed by atoms with Gasteiger partial charge in [-0.1, -0.05) is 0 Å². The Morgan fingerprint density at radius 3 is 1.50 bits per heavy atom. The van der Waals surface area contributed by atoms with Crippen LogP contribution in [0.25, 0.3) is 0 Å². The van der Waals surface area contributed by atoms with Gasteiger partial charge in [0.15, 0.2) is 0 Å². The van der Waals surface area contributed by atoms with Crippen LogP contribution in [0, 0.1) is 0 Å². The van der Waals surface area contributed by atoms with E-state index >= 15 is 0 Å². The molecular weight excluding hydrogens is 285 g/mol. The van der Waals surface area contributed by atoms with Crippen molar-refractivity contribution in [3.63, 3.8) is 0 Å². The number of alkyl halides is 5. The van der Waals surface area contributed by atoms with Crippen molar-refractivity contribution < 1.29 is 60.8 Å². The van der Waals surface area contributed by atoms with Gasteiger partial charge in [-0.25, -0.2) is 14.5 Å². The van der Waals surface area contributed by atoms with E-state index in [0.29, 0.717) is 0 Å². The molecule has 0 aromatic heterocycles. The van der Waals surface area contributed by atoms with Gasteiger partial charge < -0.3 is 19.8 Å². The van der Waals surface area contributed by atoms with Crippen LogP contribution in [-0.2, 0) is 19.3 Å². The molecule has 0 rings (SSSR count). The predicted octanol–water partition coefficient (Wildman–Crippen LogP) is -0.939. The first-order chi connectivity index (χ1) is 7.85. The molecule has 3 N–H and O–H groups in total. The van der Waals surface area contributed by atoms with E-state index in [1.807, 2.05) is 0 Å². The van der Waals surface area contributed by atoms with Crippen LogP contribution in [0.3, 0.4) is 0 Å². The number of hydrogen-bond acceptors (Lipinski definition) is 7. The number of esters is 1. The minimum Gasteiger partial charge on any atom is -0.402 e. The van der Waals surface area contributed by atoms with E-state index < -0.39 is 31.5 Å². The molecule has 0 saturated carbocycles. The molecule has 0 unspecified atom stereocenters. The molecule has 0 aliphatic carbocycles. The third-order valence-corrected chi connectivity index (χ3v) is 0.788. The molecule has 0 heterocycles. The first-order valence-electron chi connectivity index (χ1n) is 3.39. The Bertz CT molecular complexity index is 287. The highest BCUT2D eigenvalue weighted by molar-refractivity contribution is 6.30. The summed E-state index contributed by atoms with van der Waals surface area (Å²) in [7, 11) is -2.17. The maximum Gasteiger partial charge on any atom is 0.631 e. The Labute approximate surface area is 93.6 Å². The fraction of sp³-hybridized carbons (Fsp3) is 0.500. The molecule has 0 fully saturated rings. The summed E-state index contributed by atoms with van der Waals surface area (Å²) in [5.41, 5.74) is 0.